The van der Waals surface area contributed by atoms with Crippen LogP contribution in [0.1, 0.15) is 55.2 Å². The molecule has 4 aromatic rings. The van der Waals surface area contributed by atoms with Crippen LogP contribution in [0, 0.1) is 11.8 Å². The van der Waals surface area contributed by atoms with Gasteiger partial charge in [-0.3, -0.25) is 14.1 Å². The topological polar surface area (TPSA) is 30.2 Å². The summed E-state index contributed by atoms with van der Waals surface area (Å²) >= 11 is 0. The number of para-hydroxylation sites is 2. The predicted octanol–water partition coefficient (Wildman–Crippen LogP) is 4.78. The molecule has 3 heterocycles. The minimum absolute atomic E-state index is 0.0629. The molecule has 1 aromatic heterocycles. The van der Waals surface area contributed by atoms with Crippen LogP contribution in [-0.2, 0) is 0 Å². The first-order valence-electron chi connectivity index (χ1n) is 13.2. The Morgan fingerprint density at radius 1 is 0.686 bits per heavy atom. The zero-order chi connectivity index (χ0) is 22.8. The number of anilines is 3. The van der Waals surface area contributed by atoms with Gasteiger partial charge in [0.1, 0.15) is 0 Å². The van der Waals surface area contributed by atoms with Crippen LogP contribution in [-0.4, -0.2) is 16.1 Å². The van der Waals surface area contributed by atoms with Gasteiger partial charge in [-0.05, 0) is 85.7 Å². The molecule has 0 N–H and O–H groups in total. The Labute approximate surface area is 204 Å². The number of nitrogens with zero attached hydrogens (tertiary/aromatic N) is 3. The maximum atomic E-state index is 14.4. The van der Waals surface area contributed by atoms with E-state index < -0.39 is 0 Å². The standard InChI is InChI=1S/C30H26BN3O/c35-30-27-20-14-18-13-19(15-20)17-21(16-18)29(27)33-26-12-6-11-25-28(26)31(34(30)33)23-9-4-5-10-24(23)32(25)22-7-2-1-3-8-22/h1-12,18-21H,13-17H2. The van der Waals surface area contributed by atoms with Gasteiger partial charge in [-0.25, -0.2) is 0 Å². The normalized spacial score (nSPS) is 26.3. The summed E-state index contributed by atoms with van der Waals surface area (Å²) in [7, 11) is 0. The molecule has 0 saturated heterocycles. The summed E-state index contributed by atoms with van der Waals surface area (Å²) in [5.74, 6) is 2.58. The molecular formula is C30H26BN3O. The minimum atomic E-state index is -0.0629. The van der Waals surface area contributed by atoms with E-state index in [2.05, 4.69) is 87.0 Å². The molecule has 4 bridgehead atoms. The Hall–Kier alpha value is -3.47. The molecule has 0 amide bonds. The molecule has 6 aliphatic rings. The van der Waals surface area contributed by atoms with E-state index in [0.717, 1.165) is 17.5 Å². The van der Waals surface area contributed by atoms with Crippen LogP contribution in [0.4, 0.5) is 17.1 Å². The van der Waals surface area contributed by atoms with Gasteiger partial charge in [0.2, 0.25) is 0 Å². The highest BCUT2D eigenvalue weighted by Crippen LogP contribution is 2.56. The Balaban J connectivity index is 1.37. The molecular weight excluding hydrogens is 429 g/mol. The zero-order valence-corrected chi connectivity index (χ0v) is 19.6. The van der Waals surface area contributed by atoms with Crippen molar-refractivity contribution in [1.82, 2.24) is 9.27 Å². The third kappa shape index (κ3) is 2.23. The lowest BCUT2D eigenvalue weighted by Gasteiger charge is -2.38. The number of hydrogen-bond acceptors (Lipinski definition) is 2. The van der Waals surface area contributed by atoms with Gasteiger partial charge >= 0.3 is 6.85 Å². The van der Waals surface area contributed by atoms with Crippen molar-refractivity contribution in [3.05, 3.63) is 94.4 Å². The van der Waals surface area contributed by atoms with Crippen LogP contribution in [0.15, 0.2) is 77.6 Å². The molecule has 4 aliphatic carbocycles. The summed E-state index contributed by atoms with van der Waals surface area (Å²) in [4.78, 5) is 16.8. The maximum Gasteiger partial charge on any atom is 0.357 e. The molecule has 2 unspecified atom stereocenters. The second-order valence-corrected chi connectivity index (χ2v) is 11.4. The van der Waals surface area contributed by atoms with E-state index in [-0.39, 0.29) is 12.4 Å². The Morgan fingerprint density at radius 2 is 1.37 bits per heavy atom. The first kappa shape index (κ1) is 18.8. The average molecular weight is 455 g/mol. The first-order chi connectivity index (χ1) is 17.3. The van der Waals surface area contributed by atoms with E-state index in [4.69, 9.17) is 0 Å². The van der Waals surface area contributed by atoms with Crippen LogP contribution in [0.5, 0.6) is 0 Å². The molecule has 2 saturated carbocycles. The van der Waals surface area contributed by atoms with E-state index in [1.54, 1.807) is 0 Å². The quantitative estimate of drug-likeness (QED) is 0.334. The molecule has 3 aromatic carbocycles. The molecule has 2 atom stereocenters. The highest BCUT2D eigenvalue weighted by Gasteiger charge is 2.51. The summed E-state index contributed by atoms with van der Waals surface area (Å²) in [6, 6.07) is 26.0. The van der Waals surface area contributed by atoms with Gasteiger partial charge in [-0.15, -0.1) is 0 Å². The predicted molar refractivity (Wildman–Crippen MR) is 141 cm³/mol. The van der Waals surface area contributed by atoms with Crippen LogP contribution < -0.4 is 21.4 Å². The van der Waals surface area contributed by atoms with Gasteiger partial charge in [0.05, 0.1) is 11.4 Å². The smallest absolute Gasteiger partial charge is 0.311 e. The maximum absolute atomic E-state index is 14.4. The van der Waals surface area contributed by atoms with Gasteiger partial charge in [-0.1, -0.05) is 42.5 Å². The minimum Gasteiger partial charge on any atom is -0.311 e. The fourth-order valence-electron chi connectivity index (χ4n) is 8.64. The summed E-state index contributed by atoms with van der Waals surface area (Å²) in [5.41, 5.74) is 10.0. The van der Waals surface area contributed by atoms with Crippen molar-refractivity contribution in [3.8, 4) is 5.69 Å². The van der Waals surface area contributed by atoms with Gasteiger partial charge in [0.25, 0.3) is 5.56 Å². The number of hydrogen-bond donors (Lipinski definition) is 0. The fraction of sp³-hybridized carbons (Fsp3) is 0.300. The number of rotatable bonds is 1. The second-order valence-electron chi connectivity index (χ2n) is 11.4. The lowest BCUT2D eigenvalue weighted by Crippen LogP contribution is -2.55. The fourth-order valence-corrected chi connectivity index (χ4v) is 8.64. The lowest BCUT2D eigenvalue weighted by molar-refractivity contribution is 0.163. The van der Waals surface area contributed by atoms with Crippen LogP contribution in [0.2, 0.25) is 0 Å². The third-order valence-corrected chi connectivity index (χ3v) is 9.62. The van der Waals surface area contributed by atoms with E-state index in [1.807, 2.05) is 0 Å². The van der Waals surface area contributed by atoms with Crippen LogP contribution >= 0.6 is 0 Å². The summed E-state index contributed by atoms with van der Waals surface area (Å²) in [6.07, 6.45) is 6.34. The molecule has 0 radical (unpaired) electrons. The highest BCUT2D eigenvalue weighted by molar-refractivity contribution is 6.88. The van der Waals surface area contributed by atoms with Crippen molar-refractivity contribution >= 4 is 34.8 Å². The van der Waals surface area contributed by atoms with E-state index in [9.17, 15) is 4.79 Å². The van der Waals surface area contributed by atoms with Crippen LogP contribution in [0.3, 0.4) is 0 Å². The molecule has 2 fully saturated rings. The molecule has 5 heteroatoms. The monoisotopic (exact) mass is 455 g/mol. The molecule has 10 rings (SSSR count). The Bertz CT molecular complexity index is 1590. The number of aromatic nitrogens is 2. The average Bonchev–Trinajstić information content (AvgIpc) is 3.31. The van der Waals surface area contributed by atoms with Gasteiger partial charge in [0.15, 0.2) is 0 Å². The highest BCUT2D eigenvalue weighted by atomic mass is 16.1. The van der Waals surface area contributed by atoms with Crippen LogP contribution in [0.25, 0.3) is 5.69 Å². The van der Waals surface area contributed by atoms with Crippen molar-refractivity contribution < 1.29 is 0 Å². The summed E-state index contributed by atoms with van der Waals surface area (Å²) < 4.78 is 4.53. The lowest BCUT2D eigenvalue weighted by atomic mass is 9.48. The molecule has 2 aliphatic heterocycles. The number of fused-ring (bicyclic) bond motifs is 5. The Morgan fingerprint density at radius 3 is 2.20 bits per heavy atom. The Kier molecular flexibility index (Phi) is 3.44. The molecule has 35 heavy (non-hydrogen) atoms. The van der Waals surface area contributed by atoms with Crippen molar-refractivity contribution in [2.75, 3.05) is 4.90 Å². The second kappa shape index (κ2) is 6.40. The molecule has 170 valence electrons. The molecule has 0 spiro atoms. The van der Waals surface area contributed by atoms with Crippen molar-refractivity contribution in [1.29, 1.82) is 0 Å². The van der Waals surface area contributed by atoms with E-state index in [0.29, 0.717) is 11.8 Å². The van der Waals surface area contributed by atoms with E-state index in [1.165, 1.54) is 71.3 Å². The SMILES string of the molecule is O=c1c2c(n3n1B1c4ccccc4N(c4ccccc4)c4cccc-3c41)C1CC3CC(CC2C3)C1. The largest absolute Gasteiger partial charge is 0.357 e. The third-order valence-electron chi connectivity index (χ3n) is 9.62. The van der Waals surface area contributed by atoms with Gasteiger partial charge < -0.3 is 4.90 Å². The van der Waals surface area contributed by atoms with Crippen molar-refractivity contribution in [2.45, 2.75) is 43.9 Å². The van der Waals surface area contributed by atoms with Gasteiger partial charge in [-0.2, -0.15) is 0 Å². The number of benzene rings is 3. The first-order valence-corrected chi connectivity index (χ1v) is 13.2. The molecule has 4 nitrogen and oxygen atoms in total. The summed E-state index contributed by atoms with van der Waals surface area (Å²) in [5, 5.41) is 0. The van der Waals surface area contributed by atoms with Gasteiger partial charge in [0, 0.05) is 34.0 Å². The zero-order valence-electron chi connectivity index (χ0n) is 19.6. The summed E-state index contributed by atoms with van der Waals surface area (Å²) in [6.45, 7) is -0.0629. The van der Waals surface area contributed by atoms with Crippen molar-refractivity contribution in [3.63, 3.8) is 0 Å². The van der Waals surface area contributed by atoms with Crippen molar-refractivity contribution in [2.24, 2.45) is 11.8 Å². The van der Waals surface area contributed by atoms with E-state index >= 15 is 0 Å².